The van der Waals surface area contributed by atoms with Crippen LogP contribution in [-0.4, -0.2) is 35.8 Å². The molecule has 2 amide bonds. The van der Waals surface area contributed by atoms with Gasteiger partial charge < -0.3 is 16.0 Å². The number of nitrogens with zero attached hydrogens (tertiary/aromatic N) is 1. The molecule has 0 saturated heterocycles. The van der Waals surface area contributed by atoms with Crippen LogP contribution >= 0.6 is 11.3 Å². The maximum absolute atomic E-state index is 12.7. The lowest BCUT2D eigenvalue weighted by atomic mass is 10.1. The molecule has 0 bridgehead atoms. The first-order valence-electron chi connectivity index (χ1n) is 9.27. The van der Waals surface area contributed by atoms with Gasteiger partial charge in [0.1, 0.15) is 0 Å². The lowest BCUT2D eigenvalue weighted by molar-refractivity contribution is -0.133. The van der Waals surface area contributed by atoms with E-state index in [0.717, 1.165) is 11.3 Å². The molecule has 6 heteroatoms. The third kappa shape index (κ3) is 6.81. The second kappa shape index (κ2) is 10.2. The maximum Gasteiger partial charge on any atom is 0.242 e. The van der Waals surface area contributed by atoms with Crippen molar-refractivity contribution in [2.45, 2.75) is 39.8 Å². The zero-order valence-corrected chi connectivity index (χ0v) is 17.1. The Bertz CT molecular complexity index is 743. The van der Waals surface area contributed by atoms with Crippen LogP contribution in [0.5, 0.6) is 0 Å². The van der Waals surface area contributed by atoms with Gasteiger partial charge in [-0.05, 0) is 37.0 Å². The number of aryl methyl sites for hydroxylation is 1. The van der Waals surface area contributed by atoms with Gasteiger partial charge in [-0.15, -0.1) is 11.3 Å². The quantitative estimate of drug-likeness (QED) is 0.695. The van der Waals surface area contributed by atoms with Gasteiger partial charge in [0.15, 0.2) is 0 Å². The molecule has 0 aliphatic heterocycles. The van der Waals surface area contributed by atoms with E-state index >= 15 is 0 Å². The van der Waals surface area contributed by atoms with E-state index < -0.39 is 6.04 Å². The largest absolute Gasteiger partial charge is 0.346 e. The van der Waals surface area contributed by atoms with Gasteiger partial charge in [-0.2, -0.15) is 0 Å². The van der Waals surface area contributed by atoms with Gasteiger partial charge in [0.2, 0.25) is 11.8 Å². The standard InChI is InChI=1S/C21H29N3O2S/c1-15(2)20(22)21(26)23-13-19(25)24(14-18-10-9-16(3)27-18)12-11-17-7-5-4-6-8-17/h4-10,15,20H,11-14,22H2,1-3H3,(H,23,26)/t20-/m0/s1. The van der Waals surface area contributed by atoms with Gasteiger partial charge in [0.05, 0.1) is 19.1 Å². The molecular weight excluding hydrogens is 358 g/mol. The third-order valence-electron chi connectivity index (χ3n) is 4.44. The molecule has 146 valence electrons. The van der Waals surface area contributed by atoms with E-state index in [1.807, 2.05) is 32.0 Å². The number of hydrogen-bond donors (Lipinski definition) is 2. The summed E-state index contributed by atoms with van der Waals surface area (Å²) in [6.45, 7) is 6.95. The van der Waals surface area contributed by atoms with Crippen LogP contribution in [-0.2, 0) is 22.6 Å². The van der Waals surface area contributed by atoms with Crippen molar-refractivity contribution in [2.75, 3.05) is 13.1 Å². The lowest BCUT2D eigenvalue weighted by Crippen LogP contribution is -2.48. The molecule has 1 aromatic carbocycles. The molecule has 1 aromatic heterocycles. The Balaban J connectivity index is 1.99. The van der Waals surface area contributed by atoms with Crippen LogP contribution < -0.4 is 11.1 Å². The molecule has 0 aliphatic carbocycles. The molecule has 0 saturated carbocycles. The molecule has 0 unspecified atom stereocenters. The fourth-order valence-corrected chi connectivity index (χ4v) is 3.56. The van der Waals surface area contributed by atoms with E-state index in [0.29, 0.717) is 13.1 Å². The highest BCUT2D eigenvalue weighted by molar-refractivity contribution is 7.11. The first-order valence-corrected chi connectivity index (χ1v) is 10.1. The number of nitrogens with two attached hydrogens (primary N) is 1. The Kier molecular flexibility index (Phi) is 8.00. The topological polar surface area (TPSA) is 75.4 Å². The molecule has 0 radical (unpaired) electrons. The summed E-state index contributed by atoms with van der Waals surface area (Å²) < 4.78 is 0. The molecule has 3 N–H and O–H groups in total. The maximum atomic E-state index is 12.7. The number of hydrogen-bond acceptors (Lipinski definition) is 4. The Morgan fingerprint density at radius 1 is 1.15 bits per heavy atom. The summed E-state index contributed by atoms with van der Waals surface area (Å²) in [7, 11) is 0. The minimum atomic E-state index is -0.601. The van der Waals surface area contributed by atoms with Crippen molar-refractivity contribution in [3.63, 3.8) is 0 Å². The molecular formula is C21H29N3O2S. The fourth-order valence-electron chi connectivity index (χ4n) is 2.65. The summed E-state index contributed by atoms with van der Waals surface area (Å²) in [5.74, 6) is -0.349. The van der Waals surface area contributed by atoms with Crippen molar-refractivity contribution < 1.29 is 9.59 Å². The van der Waals surface area contributed by atoms with Crippen LogP contribution in [0.4, 0.5) is 0 Å². The van der Waals surface area contributed by atoms with E-state index in [9.17, 15) is 9.59 Å². The second-order valence-corrected chi connectivity index (χ2v) is 8.42. The summed E-state index contributed by atoms with van der Waals surface area (Å²) in [5.41, 5.74) is 7.03. The zero-order chi connectivity index (χ0) is 19.8. The average molecular weight is 388 g/mol. The Labute approximate surface area is 165 Å². The van der Waals surface area contributed by atoms with Gasteiger partial charge in [0.25, 0.3) is 0 Å². The minimum absolute atomic E-state index is 0.0294. The SMILES string of the molecule is Cc1ccc(CN(CCc2ccccc2)C(=O)CNC(=O)[C@@H](N)C(C)C)s1. The zero-order valence-electron chi connectivity index (χ0n) is 16.3. The summed E-state index contributed by atoms with van der Waals surface area (Å²) in [6.07, 6.45) is 0.774. The summed E-state index contributed by atoms with van der Waals surface area (Å²) >= 11 is 1.69. The molecule has 0 fully saturated rings. The van der Waals surface area contributed by atoms with Crippen LogP contribution in [0.3, 0.4) is 0 Å². The fraction of sp³-hybridized carbons (Fsp3) is 0.429. The molecule has 27 heavy (non-hydrogen) atoms. The third-order valence-corrected chi connectivity index (χ3v) is 5.43. The highest BCUT2D eigenvalue weighted by Crippen LogP contribution is 2.17. The number of benzene rings is 1. The lowest BCUT2D eigenvalue weighted by Gasteiger charge is -2.23. The van der Waals surface area contributed by atoms with Crippen molar-refractivity contribution in [3.05, 3.63) is 57.8 Å². The van der Waals surface area contributed by atoms with E-state index in [2.05, 4.69) is 36.5 Å². The highest BCUT2D eigenvalue weighted by Gasteiger charge is 2.20. The van der Waals surface area contributed by atoms with Gasteiger partial charge in [0, 0.05) is 16.3 Å². The number of amides is 2. The summed E-state index contributed by atoms with van der Waals surface area (Å²) in [6, 6.07) is 13.6. The van der Waals surface area contributed by atoms with Crippen molar-refractivity contribution in [1.29, 1.82) is 0 Å². The molecule has 1 atom stereocenters. The Hall–Kier alpha value is -2.18. The van der Waals surface area contributed by atoms with Gasteiger partial charge >= 0.3 is 0 Å². The average Bonchev–Trinajstić information content (AvgIpc) is 3.07. The summed E-state index contributed by atoms with van der Waals surface area (Å²) in [4.78, 5) is 29.0. The van der Waals surface area contributed by atoms with Crippen molar-refractivity contribution in [2.24, 2.45) is 11.7 Å². The molecule has 2 aromatic rings. The van der Waals surface area contributed by atoms with E-state index in [1.165, 1.54) is 10.4 Å². The number of thiophene rings is 1. The predicted molar refractivity (Wildman–Crippen MR) is 110 cm³/mol. The molecule has 1 heterocycles. The first kappa shape index (κ1) is 21.1. The van der Waals surface area contributed by atoms with Crippen molar-refractivity contribution >= 4 is 23.2 Å². The van der Waals surface area contributed by atoms with E-state index in [-0.39, 0.29) is 24.3 Å². The smallest absolute Gasteiger partial charge is 0.242 e. The van der Waals surface area contributed by atoms with Crippen LogP contribution in [0, 0.1) is 12.8 Å². The van der Waals surface area contributed by atoms with Crippen LogP contribution in [0.25, 0.3) is 0 Å². The molecule has 0 spiro atoms. The van der Waals surface area contributed by atoms with E-state index in [1.54, 1.807) is 16.2 Å². The van der Waals surface area contributed by atoms with Crippen molar-refractivity contribution in [3.8, 4) is 0 Å². The Morgan fingerprint density at radius 2 is 1.85 bits per heavy atom. The second-order valence-electron chi connectivity index (χ2n) is 7.05. The van der Waals surface area contributed by atoms with Crippen molar-refractivity contribution in [1.82, 2.24) is 10.2 Å². The van der Waals surface area contributed by atoms with E-state index in [4.69, 9.17) is 5.73 Å². The summed E-state index contributed by atoms with van der Waals surface area (Å²) in [5, 5.41) is 2.68. The normalized spacial score (nSPS) is 12.0. The molecule has 0 aliphatic rings. The van der Waals surface area contributed by atoms with Gasteiger partial charge in [-0.3, -0.25) is 9.59 Å². The number of nitrogens with one attached hydrogen (secondary N) is 1. The highest BCUT2D eigenvalue weighted by atomic mass is 32.1. The predicted octanol–water partition coefficient (Wildman–Crippen LogP) is 2.73. The minimum Gasteiger partial charge on any atom is -0.346 e. The van der Waals surface area contributed by atoms with Crippen LogP contribution in [0.15, 0.2) is 42.5 Å². The van der Waals surface area contributed by atoms with Crippen LogP contribution in [0.2, 0.25) is 0 Å². The van der Waals surface area contributed by atoms with Gasteiger partial charge in [-0.1, -0.05) is 44.2 Å². The number of rotatable bonds is 9. The first-order chi connectivity index (χ1) is 12.9. The monoisotopic (exact) mass is 387 g/mol. The number of carbonyl (C=O) groups excluding carboxylic acids is 2. The molecule has 5 nitrogen and oxygen atoms in total. The molecule has 2 rings (SSSR count). The van der Waals surface area contributed by atoms with Crippen LogP contribution in [0.1, 0.15) is 29.2 Å². The Morgan fingerprint density at radius 3 is 2.44 bits per heavy atom. The van der Waals surface area contributed by atoms with Gasteiger partial charge in [-0.25, -0.2) is 0 Å². The number of carbonyl (C=O) groups is 2.